The van der Waals surface area contributed by atoms with E-state index >= 15 is 0 Å². The number of carbonyl (C=O) groups is 1. The Morgan fingerprint density at radius 1 is 1.45 bits per heavy atom. The van der Waals surface area contributed by atoms with Crippen LogP contribution in [0.25, 0.3) is 0 Å². The van der Waals surface area contributed by atoms with Crippen LogP contribution in [0.3, 0.4) is 0 Å². The Labute approximate surface area is 115 Å². The smallest absolute Gasteiger partial charge is 0.378 e. The van der Waals surface area contributed by atoms with Gasteiger partial charge in [-0.05, 0) is 18.9 Å². The van der Waals surface area contributed by atoms with Crippen LogP contribution >= 0.6 is 0 Å². The zero-order valence-corrected chi connectivity index (χ0v) is 11.2. The maximum Gasteiger partial charge on any atom is 0.401 e. The summed E-state index contributed by atoms with van der Waals surface area (Å²) < 4.78 is 42.0. The second-order valence-electron chi connectivity index (χ2n) is 5.33. The summed E-state index contributed by atoms with van der Waals surface area (Å²) in [6.07, 6.45) is -3.47. The van der Waals surface area contributed by atoms with Gasteiger partial charge in [-0.1, -0.05) is 0 Å². The van der Waals surface area contributed by atoms with Crippen molar-refractivity contribution in [2.75, 3.05) is 45.9 Å². The molecule has 5 nitrogen and oxygen atoms in total. The standard InChI is InChI=1S/C12H20F3N3O2/c13-12(14,15)8-18-3-1-9(6-18)5-17-11(19)10-7-20-4-2-16-10/h9-10,16H,1-8H2,(H,17,19). The maximum absolute atomic E-state index is 12.3. The van der Waals surface area contributed by atoms with E-state index in [1.54, 1.807) is 0 Å². The first-order chi connectivity index (χ1) is 9.44. The summed E-state index contributed by atoms with van der Waals surface area (Å²) in [5.41, 5.74) is 0. The normalized spacial score (nSPS) is 28.6. The minimum atomic E-state index is -4.15. The first-order valence-electron chi connectivity index (χ1n) is 6.82. The summed E-state index contributed by atoms with van der Waals surface area (Å²) in [6, 6.07) is -0.351. The number of likely N-dealkylation sites (tertiary alicyclic amines) is 1. The third-order valence-electron chi connectivity index (χ3n) is 3.58. The highest BCUT2D eigenvalue weighted by Gasteiger charge is 2.34. The van der Waals surface area contributed by atoms with Gasteiger partial charge in [-0.25, -0.2) is 0 Å². The molecule has 2 aliphatic rings. The third kappa shape index (κ3) is 4.92. The number of rotatable bonds is 4. The van der Waals surface area contributed by atoms with Crippen molar-refractivity contribution in [1.82, 2.24) is 15.5 Å². The maximum atomic E-state index is 12.3. The van der Waals surface area contributed by atoms with E-state index in [2.05, 4.69) is 10.6 Å². The molecule has 20 heavy (non-hydrogen) atoms. The summed E-state index contributed by atoms with van der Waals surface area (Å²) in [5.74, 6) is -0.0511. The van der Waals surface area contributed by atoms with Crippen molar-refractivity contribution in [3.05, 3.63) is 0 Å². The lowest BCUT2D eigenvalue weighted by Gasteiger charge is -2.23. The molecule has 2 atom stereocenters. The van der Waals surface area contributed by atoms with E-state index in [4.69, 9.17) is 4.74 Å². The molecular weight excluding hydrogens is 275 g/mol. The van der Waals surface area contributed by atoms with E-state index in [-0.39, 0.29) is 17.9 Å². The Balaban J connectivity index is 1.66. The monoisotopic (exact) mass is 295 g/mol. The molecule has 0 aliphatic carbocycles. The van der Waals surface area contributed by atoms with Crippen molar-refractivity contribution in [2.45, 2.75) is 18.6 Å². The van der Waals surface area contributed by atoms with Gasteiger partial charge in [0, 0.05) is 19.6 Å². The van der Waals surface area contributed by atoms with Gasteiger partial charge in [0.2, 0.25) is 5.91 Å². The fourth-order valence-corrected chi connectivity index (χ4v) is 2.58. The van der Waals surface area contributed by atoms with Crippen LogP contribution in [-0.4, -0.2) is 69.0 Å². The second kappa shape index (κ2) is 6.73. The van der Waals surface area contributed by atoms with Crippen LogP contribution in [0.1, 0.15) is 6.42 Å². The van der Waals surface area contributed by atoms with Gasteiger partial charge in [-0.15, -0.1) is 0 Å². The number of nitrogens with zero attached hydrogens (tertiary/aromatic N) is 1. The second-order valence-corrected chi connectivity index (χ2v) is 5.33. The van der Waals surface area contributed by atoms with E-state index in [9.17, 15) is 18.0 Å². The van der Waals surface area contributed by atoms with E-state index in [0.29, 0.717) is 45.8 Å². The van der Waals surface area contributed by atoms with Gasteiger partial charge in [-0.3, -0.25) is 9.69 Å². The van der Waals surface area contributed by atoms with Crippen LogP contribution in [0.2, 0.25) is 0 Å². The van der Waals surface area contributed by atoms with Crippen LogP contribution in [-0.2, 0) is 9.53 Å². The summed E-state index contributed by atoms with van der Waals surface area (Å²) in [6.45, 7) is 1.95. The SMILES string of the molecule is O=C(NCC1CCN(CC(F)(F)F)C1)C1COCCN1. The molecule has 2 saturated heterocycles. The Hall–Kier alpha value is -0.860. The van der Waals surface area contributed by atoms with E-state index in [1.807, 2.05) is 0 Å². The van der Waals surface area contributed by atoms with E-state index in [1.165, 1.54) is 4.90 Å². The Morgan fingerprint density at radius 3 is 2.90 bits per heavy atom. The number of halogens is 3. The number of ether oxygens (including phenoxy) is 1. The summed E-state index contributed by atoms with van der Waals surface area (Å²) in [5, 5.41) is 5.83. The van der Waals surface area contributed by atoms with Crippen LogP contribution in [0, 0.1) is 5.92 Å². The Morgan fingerprint density at radius 2 is 2.25 bits per heavy atom. The number of hydrogen-bond donors (Lipinski definition) is 2. The quantitative estimate of drug-likeness (QED) is 0.765. The topological polar surface area (TPSA) is 53.6 Å². The number of alkyl halides is 3. The average Bonchev–Trinajstić information content (AvgIpc) is 2.82. The molecule has 8 heteroatoms. The van der Waals surface area contributed by atoms with E-state index < -0.39 is 12.7 Å². The van der Waals surface area contributed by atoms with Crippen molar-refractivity contribution in [2.24, 2.45) is 5.92 Å². The van der Waals surface area contributed by atoms with Crippen LogP contribution in [0.5, 0.6) is 0 Å². The summed E-state index contributed by atoms with van der Waals surface area (Å²) in [7, 11) is 0. The number of amides is 1. The predicted molar refractivity (Wildman–Crippen MR) is 66.2 cm³/mol. The van der Waals surface area contributed by atoms with Crippen LogP contribution in [0.4, 0.5) is 13.2 Å². The summed E-state index contributed by atoms with van der Waals surface area (Å²) in [4.78, 5) is 13.2. The highest BCUT2D eigenvalue weighted by atomic mass is 19.4. The molecule has 2 N–H and O–H groups in total. The van der Waals surface area contributed by atoms with Gasteiger partial charge in [0.1, 0.15) is 6.04 Å². The van der Waals surface area contributed by atoms with E-state index in [0.717, 1.165) is 0 Å². The van der Waals surface area contributed by atoms with Crippen LogP contribution < -0.4 is 10.6 Å². The molecule has 116 valence electrons. The molecule has 0 spiro atoms. The molecule has 0 aromatic carbocycles. The lowest BCUT2D eigenvalue weighted by Crippen LogP contribution is -2.52. The minimum absolute atomic E-state index is 0.0887. The largest absolute Gasteiger partial charge is 0.401 e. The highest BCUT2D eigenvalue weighted by molar-refractivity contribution is 5.81. The first-order valence-corrected chi connectivity index (χ1v) is 6.82. The molecule has 2 unspecified atom stereocenters. The van der Waals surface area contributed by atoms with Crippen molar-refractivity contribution in [3.63, 3.8) is 0 Å². The Kier molecular flexibility index (Phi) is 5.22. The Bertz CT molecular complexity index is 332. The van der Waals surface area contributed by atoms with Crippen molar-refractivity contribution >= 4 is 5.91 Å². The minimum Gasteiger partial charge on any atom is -0.378 e. The summed E-state index contributed by atoms with van der Waals surface area (Å²) >= 11 is 0. The van der Waals surface area contributed by atoms with Gasteiger partial charge in [-0.2, -0.15) is 13.2 Å². The molecule has 1 amide bonds. The molecule has 0 saturated carbocycles. The molecule has 2 heterocycles. The number of hydrogen-bond acceptors (Lipinski definition) is 4. The molecule has 0 radical (unpaired) electrons. The number of carbonyl (C=O) groups excluding carboxylic acids is 1. The van der Waals surface area contributed by atoms with Gasteiger partial charge in [0.05, 0.1) is 19.8 Å². The molecular formula is C12H20F3N3O2. The highest BCUT2D eigenvalue weighted by Crippen LogP contribution is 2.22. The number of morpholine rings is 1. The third-order valence-corrected chi connectivity index (χ3v) is 3.58. The zero-order chi connectivity index (χ0) is 14.6. The van der Waals surface area contributed by atoms with Crippen LogP contribution in [0.15, 0.2) is 0 Å². The molecule has 2 fully saturated rings. The molecule has 0 aromatic heterocycles. The van der Waals surface area contributed by atoms with Gasteiger partial charge in [0.25, 0.3) is 0 Å². The predicted octanol–water partition coefficient (Wildman–Crippen LogP) is -0.0248. The fraction of sp³-hybridized carbons (Fsp3) is 0.917. The average molecular weight is 295 g/mol. The lowest BCUT2D eigenvalue weighted by molar-refractivity contribution is -0.143. The van der Waals surface area contributed by atoms with Gasteiger partial charge < -0.3 is 15.4 Å². The molecule has 2 rings (SSSR count). The lowest BCUT2D eigenvalue weighted by atomic mass is 10.1. The van der Waals surface area contributed by atoms with Crippen molar-refractivity contribution in [3.8, 4) is 0 Å². The molecule has 0 aromatic rings. The number of nitrogens with one attached hydrogen (secondary N) is 2. The van der Waals surface area contributed by atoms with Gasteiger partial charge >= 0.3 is 6.18 Å². The van der Waals surface area contributed by atoms with Crippen molar-refractivity contribution in [1.29, 1.82) is 0 Å². The molecule has 0 bridgehead atoms. The first kappa shape index (κ1) is 15.5. The molecule has 2 aliphatic heterocycles. The fourth-order valence-electron chi connectivity index (χ4n) is 2.58. The van der Waals surface area contributed by atoms with Gasteiger partial charge in [0.15, 0.2) is 0 Å². The zero-order valence-electron chi connectivity index (χ0n) is 11.2. The van der Waals surface area contributed by atoms with Crippen molar-refractivity contribution < 1.29 is 22.7 Å².